The summed E-state index contributed by atoms with van der Waals surface area (Å²) in [5, 5.41) is 14.1. The number of aromatic amines is 1. The molecule has 0 aliphatic heterocycles. The number of furan rings is 1. The predicted octanol–water partition coefficient (Wildman–Crippen LogP) is 6.16. The third kappa shape index (κ3) is 5.34. The molecule has 1 aliphatic carbocycles. The van der Waals surface area contributed by atoms with Gasteiger partial charge in [-0.15, -0.1) is 5.10 Å². The second-order valence-electron chi connectivity index (χ2n) is 10.9. The number of hydrogen-bond acceptors (Lipinski definition) is 6. The lowest BCUT2D eigenvalue weighted by Gasteiger charge is -2.32. The van der Waals surface area contributed by atoms with E-state index in [4.69, 9.17) is 4.42 Å². The third-order valence-corrected chi connectivity index (χ3v) is 7.92. The van der Waals surface area contributed by atoms with Crippen LogP contribution < -0.4 is 5.56 Å². The van der Waals surface area contributed by atoms with Gasteiger partial charge in [0.2, 0.25) is 0 Å². The highest BCUT2D eigenvalue weighted by atomic mass is 19.1. The maximum atomic E-state index is 13.9. The van der Waals surface area contributed by atoms with Crippen molar-refractivity contribution in [1.82, 2.24) is 30.1 Å². The van der Waals surface area contributed by atoms with Gasteiger partial charge in [-0.1, -0.05) is 37.5 Å². The van der Waals surface area contributed by atoms with Crippen LogP contribution in [0.2, 0.25) is 0 Å². The lowest BCUT2D eigenvalue weighted by Crippen LogP contribution is -2.35. The molecule has 2 aromatic carbocycles. The Balaban J connectivity index is 1.54. The first kappa shape index (κ1) is 26.1. The van der Waals surface area contributed by atoms with Crippen LogP contribution in [0.4, 0.5) is 4.39 Å². The molecule has 0 saturated heterocycles. The number of halogens is 1. The zero-order valence-corrected chi connectivity index (χ0v) is 22.8. The second-order valence-corrected chi connectivity index (χ2v) is 10.9. The van der Waals surface area contributed by atoms with Gasteiger partial charge in [-0.3, -0.25) is 9.69 Å². The summed E-state index contributed by atoms with van der Waals surface area (Å²) >= 11 is 0. The van der Waals surface area contributed by atoms with Gasteiger partial charge in [0.05, 0.1) is 18.8 Å². The van der Waals surface area contributed by atoms with Crippen LogP contribution in [-0.4, -0.2) is 30.1 Å². The summed E-state index contributed by atoms with van der Waals surface area (Å²) in [5.41, 5.74) is 4.23. The maximum absolute atomic E-state index is 13.9. The SMILES string of the molecule is Cc1cc(C)c2cc(C(c3nnnn3C3CCCCC3)N(Cc3ccc(F)cc3)Cc3ccco3)c(=O)[nH]c2c1. The lowest BCUT2D eigenvalue weighted by molar-refractivity contribution is 0.173. The Morgan fingerprint density at radius 1 is 1.07 bits per heavy atom. The molecule has 1 atom stereocenters. The first-order valence-electron chi connectivity index (χ1n) is 13.9. The van der Waals surface area contributed by atoms with Crippen LogP contribution in [0.1, 0.15) is 78.0 Å². The Kier molecular flexibility index (Phi) is 7.30. The first-order valence-corrected chi connectivity index (χ1v) is 13.9. The monoisotopic (exact) mass is 540 g/mol. The average molecular weight is 541 g/mol. The Bertz CT molecular complexity index is 1650. The highest BCUT2D eigenvalue weighted by Crippen LogP contribution is 2.35. The molecule has 5 aromatic rings. The molecule has 206 valence electrons. The molecule has 0 spiro atoms. The van der Waals surface area contributed by atoms with E-state index in [0.717, 1.165) is 59.0 Å². The first-order chi connectivity index (χ1) is 19.5. The minimum absolute atomic E-state index is 0.168. The molecule has 0 bridgehead atoms. The molecule has 9 heteroatoms. The quantitative estimate of drug-likeness (QED) is 0.253. The van der Waals surface area contributed by atoms with Crippen molar-refractivity contribution in [2.75, 3.05) is 0 Å². The fourth-order valence-electron chi connectivity index (χ4n) is 6.02. The Labute approximate surface area is 231 Å². The van der Waals surface area contributed by atoms with Crippen molar-refractivity contribution < 1.29 is 8.81 Å². The molecule has 6 rings (SSSR count). The van der Waals surface area contributed by atoms with Crippen LogP contribution in [0.15, 0.2) is 70.1 Å². The van der Waals surface area contributed by atoms with Crippen LogP contribution in [0.25, 0.3) is 10.9 Å². The number of rotatable bonds is 8. The number of H-pyrrole nitrogens is 1. The number of aromatic nitrogens is 5. The minimum atomic E-state index is -0.582. The number of tetrazole rings is 1. The molecule has 0 amide bonds. The van der Waals surface area contributed by atoms with Gasteiger partial charge in [-0.25, -0.2) is 9.07 Å². The second kappa shape index (κ2) is 11.2. The smallest absolute Gasteiger partial charge is 0.253 e. The summed E-state index contributed by atoms with van der Waals surface area (Å²) in [7, 11) is 0. The van der Waals surface area contributed by atoms with Gasteiger partial charge in [0.25, 0.3) is 5.56 Å². The number of aryl methyl sites for hydroxylation is 2. The van der Waals surface area contributed by atoms with Gasteiger partial charge in [0.15, 0.2) is 5.82 Å². The molecule has 8 nitrogen and oxygen atoms in total. The third-order valence-electron chi connectivity index (χ3n) is 7.92. The Morgan fingerprint density at radius 3 is 2.62 bits per heavy atom. The van der Waals surface area contributed by atoms with E-state index < -0.39 is 6.04 Å². The van der Waals surface area contributed by atoms with E-state index >= 15 is 0 Å². The Hall–Kier alpha value is -4.11. The molecule has 1 saturated carbocycles. The van der Waals surface area contributed by atoms with E-state index in [1.54, 1.807) is 18.4 Å². The molecule has 3 heterocycles. The van der Waals surface area contributed by atoms with E-state index in [1.165, 1.54) is 18.6 Å². The zero-order chi connectivity index (χ0) is 27.6. The van der Waals surface area contributed by atoms with Crippen LogP contribution in [-0.2, 0) is 13.1 Å². The minimum Gasteiger partial charge on any atom is -0.468 e. The van der Waals surface area contributed by atoms with E-state index in [2.05, 4.69) is 38.4 Å². The Morgan fingerprint density at radius 2 is 1.88 bits per heavy atom. The average Bonchev–Trinajstić information content (AvgIpc) is 3.64. The van der Waals surface area contributed by atoms with Crippen molar-refractivity contribution in [3.8, 4) is 0 Å². The van der Waals surface area contributed by atoms with Gasteiger partial charge >= 0.3 is 0 Å². The molecule has 1 unspecified atom stereocenters. The number of nitrogens with one attached hydrogen (secondary N) is 1. The molecule has 3 aromatic heterocycles. The topological polar surface area (TPSA) is 92.8 Å². The molecule has 0 radical (unpaired) electrons. The molecule has 40 heavy (non-hydrogen) atoms. The van der Waals surface area contributed by atoms with Gasteiger partial charge in [0, 0.05) is 23.0 Å². The summed E-state index contributed by atoms with van der Waals surface area (Å²) in [4.78, 5) is 19.1. The van der Waals surface area contributed by atoms with E-state index in [9.17, 15) is 9.18 Å². The fraction of sp³-hybridized carbons (Fsp3) is 0.355. The van der Waals surface area contributed by atoms with Gasteiger partial charge in [-0.05, 0) is 90.2 Å². The largest absolute Gasteiger partial charge is 0.468 e. The van der Waals surface area contributed by atoms with Crippen molar-refractivity contribution in [1.29, 1.82) is 0 Å². The van der Waals surface area contributed by atoms with E-state index in [1.807, 2.05) is 35.9 Å². The van der Waals surface area contributed by atoms with Crippen molar-refractivity contribution in [3.05, 3.63) is 111 Å². The molecular formula is C31H33FN6O2. The van der Waals surface area contributed by atoms with Crippen molar-refractivity contribution >= 4 is 10.9 Å². The van der Waals surface area contributed by atoms with Gasteiger partial charge < -0.3 is 9.40 Å². The molecular weight excluding hydrogens is 507 g/mol. The number of fused-ring (bicyclic) bond motifs is 1. The fourth-order valence-corrected chi connectivity index (χ4v) is 6.02. The number of pyridine rings is 1. The summed E-state index contributed by atoms with van der Waals surface area (Å²) < 4.78 is 21.5. The molecule has 1 fully saturated rings. The molecule has 1 N–H and O–H groups in total. The van der Waals surface area contributed by atoms with Crippen LogP contribution >= 0.6 is 0 Å². The van der Waals surface area contributed by atoms with Crippen LogP contribution in [0.3, 0.4) is 0 Å². The lowest BCUT2D eigenvalue weighted by atomic mass is 9.94. The summed E-state index contributed by atoms with van der Waals surface area (Å²) in [6.07, 6.45) is 7.07. The van der Waals surface area contributed by atoms with E-state index in [0.29, 0.717) is 24.5 Å². The van der Waals surface area contributed by atoms with Gasteiger partial charge in [-0.2, -0.15) is 0 Å². The standard InChI is InChI=1S/C31H33FN6O2/c1-20-15-21(2)26-17-27(31(39)33-28(26)16-20)29(30-34-35-36-38(30)24-7-4-3-5-8-24)37(19-25-9-6-14-40-25)18-22-10-12-23(32)13-11-22/h6,9-17,24,29H,3-5,7-8,18-19H2,1-2H3,(H,33,39). The van der Waals surface area contributed by atoms with Crippen molar-refractivity contribution in [2.24, 2.45) is 0 Å². The van der Waals surface area contributed by atoms with Crippen LogP contribution in [0.5, 0.6) is 0 Å². The number of hydrogen-bond donors (Lipinski definition) is 1. The highest BCUT2D eigenvalue weighted by Gasteiger charge is 2.33. The predicted molar refractivity (Wildman–Crippen MR) is 150 cm³/mol. The zero-order valence-electron chi connectivity index (χ0n) is 22.8. The van der Waals surface area contributed by atoms with Crippen molar-refractivity contribution in [2.45, 2.75) is 71.1 Å². The summed E-state index contributed by atoms with van der Waals surface area (Å²) in [5.74, 6) is 1.07. The summed E-state index contributed by atoms with van der Waals surface area (Å²) in [6.45, 7) is 4.90. The highest BCUT2D eigenvalue weighted by molar-refractivity contribution is 5.83. The molecule has 1 aliphatic rings. The van der Waals surface area contributed by atoms with Crippen LogP contribution in [0, 0.1) is 19.7 Å². The van der Waals surface area contributed by atoms with E-state index in [-0.39, 0.29) is 17.4 Å². The number of benzene rings is 2. The number of nitrogens with zero attached hydrogens (tertiary/aromatic N) is 5. The van der Waals surface area contributed by atoms with Crippen molar-refractivity contribution in [3.63, 3.8) is 0 Å². The summed E-state index contributed by atoms with van der Waals surface area (Å²) in [6, 6.07) is 15.9. The van der Waals surface area contributed by atoms with Gasteiger partial charge in [0.1, 0.15) is 17.6 Å². The maximum Gasteiger partial charge on any atom is 0.253 e. The normalized spacial score (nSPS) is 15.2.